The van der Waals surface area contributed by atoms with Crippen molar-refractivity contribution in [3.8, 4) is 0 Å². The first-order valence-corrected chi connectivity index (χ1v) is 8.40. The van der Waals surface area contributed by atoms with Crippen molar-refractivity contribution < 1.29 is 13.6 Å². The lowest BCUT2D eigenvalue weighted by atomic mass is 10.1. The van der Waals surface area contributed by atoms with Gasteiger partial charge in [-0.15, -0.1) is 24.0 Å². The van der Waals surface area contributed by atoms with Gasteiger partial charge >= 0.3 is 0 Å². The highest BCUT2D eigenvalue weighted by Crippen LogP contribution is 2.12. The van der Waals surface area contributed by atoms with Crippen molar-refractivity contribution in [1.29, 1.82) is 0 Å². The second kappa shape index (κ2) is 11.3. The molecule has 0 unspecified atom stereocenters. The van der Waals surface area contributed by atoms with E-state index in [0.717, 1.165) is 32.0 Å². The maximum Gasteiger partial charge on any atom is 0.231 e. The van der Waals surface area contributed by atoms with E-state index >= 15 is 0 Å². The van der Waals surface area contributed by atoms with Gasteiger partial charge in [0.25, 0.3) is 0 Å². The van der Waals surface area contributed by atoms with Crippen LogP contribution in [-0.2, 0) is 11.2 Å². The van der Waals surface area contributed by atoms with Crippen molar-refractivity contribution in [2.45, 2.75) is 25.3 Å². The molecule has 146 valence electrons. The van der Waals surface area contributed by atoms with E-state index in [1.165, 1.54) is 6.07 Å². The molecule has 26 heavy (non-hydrogen) atoms. The molecule has 0 atom stereocenters. The van der Waals surface area contributed by atoms with Crippen LogP contribution in [0.25, 0.3) is 0 Å². The summed E-state index contributed by atoms with van der Waals surface area (Å²) in [5.41, 5.74) is 5.54. The summed E-state index contributed by atoms with van der Waals surface area (Å²) >= 11 is 0. The van der Waals surface area contributed by atoms with E-state index in [-0.39, 0.29) is 35.9 Å². The molecule has 1 heterocycles. The third kappa shape index (κ3) is 7.02. The Kier molecular flexibility index (Phi) is 9.78. The van der Waals surface area contributed by atoms with Gasteiger partial charge in [0, 0.05) is 32.7 Å². The summed E-state index contributed by atoms with van der Waals surface area (Å²) < 4.78 is 26.8. The number of piperidine rings is 1. The minimum Gasteiger partial charge on any atom is -0.369 e. The van der Waals surface area contributed by atoms with Crippen LogP contribution in [0.5, 0.6) is 0 Å². The van der Waals surface area contributed by atoms with E-state index in [1.54, 1.807) is 13.1 Å². The number of nitrogens with two attached hydrogens (primary N) is 1. The van der Waals surface area contributed by atoms with Gasteiger partial charge in [0.2, 0.25) is 5.91 Å². The number of nitrogens with one attached hydrogen (secondary N) is 2. The summed E-state index contributed by atoms with van der Waals surface area (Å²) in [7, 11) is 1.67. The van der Waals surface area contributed by atoms with Gasteiger partial charge < -0.3 is 16.4 Å². The van der Waals surface area contributed by atoms with Gasteiger partial charge in [0.1, 0.15) is 0 Å². The predicted octanol–water partition coefficient (Wildman–Crippen LogP) is 1.24. The lowest BCUT2D eigenvalue weighted by Gasteiger charge is -2.32. The van der Waals surface area contributed by atoms with Crippen LogP contribution in [0.3, 0.4) is 0 Å². The van der Waals surface area contributed by atoms with Crippen molar-refractivity contribution in [2.75, 3.05) is 33.2 Å². The van der Waals surface area contributed by atoms with E-state index in [2.05, 4.69) is 15.6 Å². The quantitative estimate of drug-likeness (QED) is 0.325. The number of primary amides is 1. The predicted molar refractivity (Wildman–Crippen MR) is 109 cm³/mol. The van der Waals surface area contributed by atoms with E-state index in [1.807, 2.05) is 4.90 Å². The lowest BCUT2D eigenvalue weighted by Crippen LogP contribution is -2.50. The molecule has 0 saturated carbocycles. The Bertz CT molecular complexity index is 621. The normalized spacial score (nSPS) is 16.0. The second-order valence-electron chi connectivity index (χ2n) is 6.12. The Morgan fingerprint density at radius 2 is 2.04 bits per heavy atom. The van der Waals surface area contributed by atoms with Crippen molar-refractivity contribution in [1.82, 2.24) is 15.5 Å². The Morgan fingerprint density at radius 1 is 1.35 bits per heavy atom. The number of aliphatic imine (C=N–C) groups is 1. The number of halogens is 3. The lowest BCUT2D eigenvalue weighted by molar-refractivity contribution is -0.119. The highest BCUT2D eigenvalue weighted by atomic mass is 127. The topological polar surface area (TPSA) is 82.8 Å². The minimum atomic E-state index is -0.831. The van der Waals surface area contributed by atoms with Gasteiger partial charge in [0.05, 0.1) is 6.54 Å². The first-order valence-electron chi connectivity index (χ1n) is 8.40. The number of guanidine groups is 1. The van der Waals surface area contributed by atoms with Crippen molar-refractivity contribution in [3.05, 3.63) is 35.4 Å². The third-order valence-corrected chi connectivity index (χ3v) is 4.25. The molecule has 1 amide bonds. The molecule has 0 aliphatic carbocycles. The summed E-state index contributed by atoms with van der Waals surface area (Å²) in [6.07, 6.45) is 2.13. The molecule has 9 heteroatoms. The first-order chi connectivity index (χ1) is 12.0. The van der Waals surface area contributed by atoms with E-state index in [0.29, 0.717) is 31.0 Å². The van der Waals surface area contributed by atoms with Gasteiger partial charge in [0.15, 0.2) is 17.6 Å². The number of carbonyl (C=O) groups excluding carboxylic acids is 1. The van der Waals surface area contributed by atoms with Gasteiger partial charge in [-0.3, -0.25) is 14.7 Å². The smallest absolute Gasteiger partial charge is 0.231 e. The molecule has 2 rings (SSSR count). The fraction of sp³-hybridized carbons (Fsp3) is 0.529. The summed E-state index contributed by atoms with van der Waals surface area (Å²) in [6.45, 7) is 2.33. The molecule has 1 aromatic rings. The maximum absolute atomic E-state index is 13.6. The van der Waals surface area contributed by atoms with E-state index in [9.17, 15) is 13.6 Å². The molecular weight excluding hydrogens is 455 g/mol. The number of nitrogens with zero attached hydrogens (tertiary/aromatic N) is 2. The van der Waals surface area contributed by atoms with Crippen LogP contribution in [0.1, 0.15) is 18.4 Å². The van der Waals surface area contributed by atoms with Gasteiger partial charge in [-0.05, 0) is 30.9 Å². The molecule has 1 aromatic carbocycles. The highest BCUT2D eigenvalue weighted by molar-refractivity contribution is 14.0. The molecule has 0 aromatic heterocycles. The van der Waals surface area contributed by atoms with E-state index in [4.69, 9.17) is 5.73 Å². The van der Waals surface area contributed by atoms with Crippen LogP contribution in [0.15, 0.2) is 23.2 Å². The molecule has 1 saturated heterocycles. The summed E-state index contributed by atoms with van der Waals surface area (Å²) in [5, 5.41) is 6.44. The highest BCUT2D eigenvalue weighted by Gasteiger charge is 2.20. The SMILES string of the molecule is CN=C(NCCc1cccc(F)c1F)NC1CCN(CC(N)=O)CC1.I. The zero-order valence-electron chi connectivity index (χ0n) is 14.8. The average Bonchev–Trinajstić information content (AvgIpc) is 2.59. The summed E-state index contributed by atoms with van der Waals surface area (Å²) in [4.78, 5) is 17.1. The van der Waals surface area contributed by atoms with Crippen molar-refractivity contribution in [2.24, 2.45) is 10.7 Å². The molecule has 0 radical (unpaired) electrons. The monoisotopic (exact) mass is 481 g/mol. The zero-order valence-corrected chi connectivity index (χ0v) is 17.1. The van der Waals surface area contributed by atoms with Crippen molar-refractivity contribution in [3.63, 3.8) is 0 Å². The summed E-state index contributed by atoms with van der Waals surface area (Å²) in [5.74, 6) is -1.31. The Balaban J connectivity index is 0.00000338. The number of hydrogen-bond acceptors (Lipinski definition) is 3. The van der Waals surface area contributed by atoms with Crippen LogP contribution in [0.4, 0.5) is 8.78 Å². The van der Waals surface area contributed by atoms with Crippen molar-refractivity contribution >= 4 is 35.8 Å². The molecule has 1 aliphatic heterocycles. The molecule has 1 fully saturated rings. The number of amides is 1. The van der Waals surface area contributed by atoms with Gasteiger partial charge in [-0.2, -0.15) is 0 Å². The number of rotatable bonds is 6. The first kappa shape index (κ1) is 22.6. The number of likely N-dealkylation sites (tertiary alicyclic amines) is 1. The minimum absolute atomic E-state index is 0. The molecular formula is C17H26F2IN5O. The maximum atomic E-state index is 13.6. The van der Waals surface area contributed by atoms with Crippen LogP contribution in [0, 0.1) is 11.6 Å². The summed E-state index contributed by atoms with van der Waals surface area (Å²) in [6, 6.07) is 4.43. The zero-order chi connectivity index (χ0) is 18.2. The van der Waals surface area contributed by atoms with Crippen LogP contribution >= 0.6 is 24.0 Å². The molecule has 0 bridgehead atoms. The van der Waals surface area contributed by atoms with Crippen LogP contribution in [0.2, 0.25) is 0 Å². The van der Waals surface area contributed by atoms with E-state index < -0.39 is 11.6 Å². The number of hydrogen-bond donors (Lipinski definition) is 3. The molecule has 1 aliphatic rings. The molecule has 6 nitrogen and oxygen atoms in total. The standard InChI is InChI=1S/C17H25F2N5O.HI/c1-21-17(22-8-5-12-3-2-4-14(18)16(12)19)23-13-6-9-24(10-7-13)11-15(20)25;/h2-4,13H,5-11H2,1H3,(H2,20,25)(H2,21,22,23);1H. The number of carbonyl (C=O) groups is 1. The number of benzene rings is 1. The Morgan fingerprint density at radius 3 is 2.65 bits per heavy atom. The Hall–Kier alpha value is -1.49. The van der Waals surface area contributed by atoms with Crippen LogP contribution < -0.4 is 16.4 Å². The average molecular weight is 481 g/mol. The largest absolute Gasteiger partial charge is 0.369 e. The fourth-order valence-electron chi connectivity index (χ4n) is 2.90. The van der Waals surface area contributed by atoms with Gasteiger partial charge in [-0.25, -0.2) is 8.78 Å². The molecule has 4 N–H and O–H groups in total. The van der Waals surface area contributed by atoms with Crippen LogP contribution in [-0.4, -0.2) is 56.0 Å². The fourth-order valence-corrected chi connectivity index (χ4v) is 2.90. The third-order valence-electron chi connectivity index (χ3n) is 4.25. The second-order valence-corrected chi connectivity index (χ2v) is 6.12. The molecule has 0 spiro atoms. The Labute approximate surface area is 169 Å². The van der Waals surface area contributed by atoms with Gasteiger partial charge in [-0.1, -0.05) is 12.1 Å².